The number of nitrogens with zero attached hydrogens (tertiary/aromatic N) is 4. The highest BCUT2D eigenvalue weighted by Gasteiger charge is 2.22. The standard InChI is InChI=1S/C29H27N5O8S2/c1-18(43(36,37)38)15-26(42-3)19(2)31-32-22-9-11-23(12-10-22)33-34-28-27(44(39,40)41)17-20-16-24(13-14-25(20)29(28)35)30-21-7-5-4-6-8-21/h4-17,30,35H,1-3H3,(H,36,37,38)(H,39,40,41)/b18-15+,26-19-,32-31?,34-33?. The van der Waals surface area contributed by atoms with Crippen LogP contribution in [0.3, 0.4) is 0 Å². The number of nitrogens with one attached hydrogen (secondary N) is 1. The zero-order valence-electron chi connectivity index (χ0n) is 23.6. The molecule has 4 N–H and O–H groups in total. The SMILES string of the molecule is COC(/C=C(\C)S(=O)(=O)O)=C(/C)N=Nc1ccc(N=Nc2c(S(=O)(=O)O)cc3cc(Nc4ccccc4)ccc3c2O)cc1. The fourth-order valence-corrected chi connectivity index (χ4v) is 4.77. The molecule has 0 heterocycles. The van der Waals surface area contributed by atoms with Gasteiger partial charge in [-0.2, -0.15) is 32.2 Å². The Morgan fingerprint density at radius 1 is 0.818 bits per heavy atom. The van der Waals surface area contributed by atoms with Crippen LogP contribution in [-0.2, 0) is 25.0 Å². The summed E-state index contributed by atoms with van der Waals surface area (Å²) >= 11 is 0. The van der Waals surface area contributed by atoms with Crippen molar-refractivity contribution in [1.82, 2.24) is 0 Å². The lowest BCUT2D eigenvalue weighted by molar-refractivity contribution is 0.301. The van der Waals surface area contributed by atoms with E-state index in [1.807, 2.05) is 30.3 Å². The Hall–Kier alpha value is -4.96. The Balaban J connectivity index is 1.61. The molecule has 0 aliphatic carbocycles. The van der Waals surface area contributed by atoms with Gasteiger partial charge < -0.3 is 15.2 Å². The van der Waals surface area contributed by atoms with Gasteiger partial charge in [0.05, 0.1) is 23.4 Å². The molecule has 13 nitrogen and oxygen atoms in total. The van der Waals surface area contributed by atoms with Crippen molar-refractivity contribution in [2.45, 2.75) is 18.7 Å². The molecule has 4 aromatic carbocycles. The predicted molar refractivity (Wildman–Crippen MR) is 165 cm³/mol. The van der Waals surface area contributed by atoms with Crippen LogP contribution >= 0.6 is 0 Å². The highest BCUT2D eigenvalue weighted by molar-refractivity contribution is 7.89. The topological polar surface area (TPSA) is 200 Å². The summed E-state index contributed by atoms with van der Waals surface area (Å²) in [7, 11) is -7.88. The van der Waals surface area contributed by atoms with E-state index in [-0.39, 0.29) is 22.0 Å². The highest BCUT2D eigenvalue weighted by atomic mass is 32.2. The lowest BCUT2D eigenvalue weighted by Gasteiger charge is -2.11. The molecule has 44 heavy (non-hydrogen) atoms. The molecule has 0 amide bonds. The molecule has 228 valence electrons. The molecule has 0 spiro atoms. The summed E-state index contributed by atoms with van der Waals surface area (Å²) in [6, 6.07) is 21.5. The van der Waals surface area contributed by atoms with Crippen molar-refractivity contribution >= 4 is 59.4 Å². The number of para-hydroxylation sites is 1. The van der Waals surface area contributed by atoms with Crippen LogP contribution in [0.2, 0.25) is 0 Å². The van der Waals surface area contributed by atoms with Gasteiger partial charge in [0.1, 0.15) is 22.0 Å². The van der Waals surface area contributed by atoms with E-state index in [4.69, 9.17) is 9.29 Å². The number of rotatable bonds is 10. The third-order valence-electron chi connectivity index (χ3n) is 6.14. The van der Waals surface area contributed by atoms with E-state index in [0.717, 1.165) is 11.8 Å². The molecule has 0 fully saturated rings. The van der Waals surface area contributed by atoms with Gasteiger partial charge in [0.15, 0.2) is 5.75 Å². The lowest BCUT2D eigenvalue weighted by atomic mass is 10.1. The quantitative estimate of drug-likeness (QED) is 0.0582. The molecule has 0 aromatic heterocycles. The van der Waals surface area contributed by atoms with E-state index in [1.165, 1.54) is 51.3 Å². The maximum atomic E-state index is 12.2. The molecule has 0 saturated heterocycles. The van der Waals surface area contributed by atoms with E-state index in [1.54, 1.807) is 18.2 Å². The minimum absolute atomic E-state index is 0.0720. The molecular weight excluding hydrogens is 610 g/mol. The van der Waals surface area contributed by atoms with E-state index in [0.29, 0.717) is 22.1 Å². The Kier molecular flexibility index (Phi) is 9.54. The maximum Gasteiger partial charge on any atom is 0.296 e. The Labute approximate surface area is 253 Å². The number of ether oxygens (including phenoxy) is 1. The molecular formula is C29H27N5O8S2. The smallest absolute Gasteiger partial charge is 0.296 e. The minimum atomic E-state index is -4.80. The first kappa shape index (κ1) is 32.0. The first-order chi connectivity index (χ1) is 20.8. The van der Waals surface area contributed by atoms with Crippen molar-refractivity contribution in [3.63, 3.8) is 0 Å². The van der Waals surface area contributed by atoms with Gasteiger partial charge in [-0.05, 0) is 86.0 Å². The van der Waals surface area contributed by atoms with Crippen molar-refractivity contribution in [3.05, 3.63) is 101 Å². The third-order valence-corrected chi connectivity index (χ3v) is 7.94. The molecule has 0 aliphatic rings. The fourth-order valence-electron chi connectivity index (χ4n) is 3.86. The summed E-state index contributed by atoms with van der Waals surface area (Å²) in [6.07, 6.45) is 1.11. The van der Waals surface area contributed by atoms with Gasteiger partial charge in [-0.3, -0.25) is 9.11 Å². The molecule has 4 rings (SSSR count). The van der Waals surface area contributed by atoms with E-state index >= 15 is 0 Å². The molecule has 15 heteroatoms. The number of phenols is 1. The van der Waals surface area contributed by atoms with Crippen LogP contribution in [0.25, 0.3) is 10.8 Å². The lowest BCUT2D eigenvalue weighted by Crippen LogP contribution is -1.99. The van der Waals surface area contributed by atoms with E-state index in [2.05, 4.69) is 25.8 Å². The second-order valence-electron chi connectivity index (χ2n) is 9.27. The monoisotopic (exact) mass is 637 g/mol. The molecule has 0 radical (unpaired) electrons. The molecule has 4 aromatic rings. The number of phenolic OH excluding ortho intramolecular Hbond substituents is 1. The Morgan fingerprint density at radius 3 is 2.05 bits per heavy atom. The van der Waals surface area contributed by atoms with Crippen molar-refractivity contribution in [1.29, 1.82) is 0 Å². The number of allylic oxidation sites excluding steroid dienone is 3. The number of benzene rings is 4. The van der Waals surface area contributed by atoms with Gasteiger partial charge in [0.2, 0.25) is 0 Å². The second kappa shape index (κ2) is 13.1. The van der Waals surface area contributed by atoms with Crippen LogP contribution in [-0.4, -0.2) is 38.2 Å². The predicted octanol–water partition coefficient (Wildman–Crippen LogP) is 7.70. The molecule has 0 aliphatic heterocycles. The van der Waals surface area contributed by atoms with Crippen molar-refractivity contribution in [2.24, 2.45) is 20.5 Å². The van der Waals surface area contributed by atoms with Crippen LogP contribution in [0.4, 0.5) is 28.4 Å². The van der Waals surface area contributed by atoms with Crippen LogP contribution in [0.5, 0.6) is 5.75 Å². The number of anilines is 2. The van der Waals surface area contributed by atoms with Crippen LogP contribution in [0, 0.1) is 0 Å². The van der Waals surface area contributed by atoms with Crippen LogP contribution < -0.4 is 5.32 Å². The molecule has 0 atom stereocenters. The molecule has 0 saturated carbocycles. The largest absolute Gasteiger partial charge is 0.505 e. The number of hydrogen-bond donors (Lipinski definition) is 4. The van der Waals surface area contributed by atoms with Crippen LogP contribution in [0.1, 0.15) is 13.8 Å². The van der Waals surface area contributed by atoms with Gasteiger partial charge in [-0.25, -0.2) is 0 Å². The number of fused-ring (bicyclic) bond motifs is 1. The average molecular weight is 638 g/mol. The zero-order chi connectivity index (χ0) is 32.1. The normalized spacial score (nSPS) is 13.4. The van der Waals surface area contributed by atoms with Crippen molar-refractivity contribution in [3.8, 4) is 5.75 Å². The summed E-state index contributed by atoms with van der Waals surface area (Å²) in [5.74, 6) is -0.409. The van der Waals surface area contributed by atoms with E-state index in [9.17, 15) is 26.5 Å². The second-order valence-corrected chi connectivity index (χ2v) is 12.3. The van der Waals surface area contributed by atoms with Gasteiger partial charge >= 0.3 is 0 Å². The van der Waals surface area contributed by atoms with E-state index < -0.39 is 36.6 Å². The fraction of sp³-hybridized carbons (Fsp3) is 0.103. The summed E-state index contributed by atoms with van der Waals surface area (Å²) in [4.78, 5) is -0.957. The maximum absolute atomic E-state index is 12.2. The zero-order valence-corrected chi connectivity index (χ0v) is 25.2. The summed E-state index contributed by atoms with van der Waals surface area (Å²) in [6.45, 7) is 2.73. The number of azo groups is 2. The van der Waals surface area contributed by atoms with Gasteiger partial charge in [0, 0.05) is 16.8 Å². The Bertz CT molecular complexity index is 2040. The summed E-state index contributed by atoms with van der Waals surface area (Å²) in [5.41, 5.74) is 1.87. The van der Waals surface area contributed by atoms with Crippen molar-refractivity contribution < 1.29 is 35.8 Å². The molecule has 0 bridgehead atoms. The summed E-state index contributed by atoms with van der Waals surface area (Å²) < 4.78 is 71.1. The third kappa shape index (κ3) is 7.90. The molecule has 0 unspecified atom stereocenters. The van der Waals surface area contributed by atoms with Gasteiger partial charge in [-0.1, -0.05) is 18.2 Å². The van der Waals surface area contributed by atoms with Gasteiger partial charge in [-0.15, -0.1) is 5.11 Å². The first-order valence-electron chi connectivity index (χ1n) is 12.7. The highest BCUT2D eigenvalue weighted by Crippen LogP contribution is 2.42. The number of methoxy groups -OCH3 is 1. The summed E-state index contributed by atoms with van der Waals surface area (Å²) in [5, 5.41) is 30.8. The minimum Gasteiger partial charge on any atom is -0.505 e. The number of aromatic hydroxyl groups is 1. The average Bonchev–Trinajstić information content (AvgIpc) is 2.98. The Morgan fingerprint density at radius 2 is 1.45 bits per heavy atom. The van der Waals surface area contributed by atoms with Crippen LogP contribution in [0.15, 0.2) is 127 Å². The number of hydrogen-bond acceptors (Lipinski definition) is 11. The first-order valence-corrected chi connectivity index (χ1v) is 15.6. The van der Waals surface area contributed by atoms with Gasteiger partial charge in [0.25, 0.3) is 20.2 Å². The van der Waals surface area contributed by atoms with Crippen molar-refractivity contribution in [2.75, 3.05) is 12.4 Å².